The maximum Gasteiger partial charge on any atom is 0.331 e. The van der Waals surface area contributed by atoms with Crippen molar-refractivity contribution in [2.75, 3.05) is 0 Å². The number of nitrogens with zero attached hydrogens (tertiary/aromatic N) is 1. The van der Waals surface area contributed by atoms with Crippen LogP contribution in [0.15, 0.2) is 103 Å². The standard InChI is InChI=1S/C34H26FNO5/c1-21-17-25(35)10-14-28(21)32(37)30-19-36-31-18-27(40-20-24-6-4-3-5-7-24)13-15-29(31)33(30)41-26-11-8-23(9-12-26)16-22(2)34(38)39/h3-19H,20H2,1-2H3,(H,38,39)/b22-16+. The molecule has 1 N–H and O–H groups in total. The first kappa shape index (κ1) is 27.3. The summed E-state index contributed by atoms with van der Waals surface area (Å²) in [7, 11) is 0. The van der Waals surface area contributed by atoms with Gasteiger partial charge >= 0.3 is 5.97 Å². The first-order chi connectivity index (χ1) is 19.8. The predicted octanol–water partition coefficient (Wildman–Crippen LogP) is 7.77. The molecular weight excluding hydrogens is 521 g/mol. The van der Waals surface area contributed by atoms with E-state index in [4.69, 9.17) is 14.6 Å². The second-order valence-electron chi connectivity index (χ2n) is 9.55. The molecule has 0 aliphatic carbocycles. The van der Waals surface area contributed by atoms with Gasteiger partial charge in [0.05, 0.1) is 11.1 Å². The Bertz CT molecular complexity index is 1780. The summed E-state index contributed by atoms with van der Waals surface area (Å²) < 4.78 is 26.0. The summed E-state index contributed by atoms with van der Waals surface area (Å²) in [6, 6.07) is 26.0. The lowest BCUT2D eigenvalue weighted by atomic mass is 9.98. The van der Waals surface area contributed by atoms with E-state index in [-0.39, 0.29) is 16.9 Å². The number of halogens is 1. The zero-order valence-electron chi connectivity index (χ0n) is 22.4. The quantitative estimate of drug-likeness (QED) is 0.150. The normalized spacial score (nSPS) is 11.3. The molecular formula is C34H26FNO5. The predicted molar refractivity (Wildman–Crippen MR) is 155 cm³/mol. The van der Waals surface area contributed by atoms with Crippen LogP contribution in [-0.2, 0) is 11.4 Å². The number of carbonyl (C=O) groups excluding carboxylic acids is 1. The molecule has 1 aromatic heterocycles. The highest BCUT2D eigenvalue weighted by Gasteiger charge is 2.21. The van der Waals surface area contributed by atoms with Crippen LogP contribution in [-0.4, -0.2) is 21.8 Å². The zero-order chi connectivity index (χ0) is 28.9. The van der Waals surface area contributed by atoms with E-state index in [1.807, 2.05) is 30.3 Å². The van der Waals surface area contributed by atoms with Crippen molar-refractivity contribution < 1.29 is 28.6 Å². The molecule has 6 nitrogen and oxygen atoms in total. The Labute approximate surface area is 236 Å². The summed E-state index contributed by atoms with van der Waals surface area (Å²) in [5, 5.41) is 9.75. The van der Waals surface area contributed by atoms with Gasteiger partial charge in [0.15, 0.2) is 5.78 Å². The Kier molecular flexibility index (Phi) is 7.87. The van der Waals surface area contributed by atoms with Crippen molar-refractivity contribution >= 4 is 28.7 Å². The lowest BCUT2D eigenvalue weighted by Crippen LogP contribution is -2.07. The third-order valence-electron chi connectivity index (χ3n) is 6.54. The van der Waals surface area contributed by atoms with Gasteiger partial charge < -0.3 is 14.6 Å². The van der Waals surface area contributed by atoms with Crippen molar-refractivity contribution in [3.8, 4) is 17.2 Å². The average Bonchev–Trinajstić information content (AvgIpc) is 2.97. The number of hydrogen-bond donors (Lipinski definition) is 1. The molecule has 7 heteroatoms. The molecule has 0 radical (unpaired) electrons. The van der Waals surface area contributed by atoms with Gasteiger partial charge in [0.25, 0.3) is 0 Å². The highest BCUT2D eigenvalue weighted by molar-refractivity contribution is 6.13. The molecule has 0 amide bonds. The van der Waals surface area contributed by atoms with E-state index in [2.05, 4.69) is 4.98 Å². The van der Waals surface area contributed by atoms with Crippen molar-refractivity contribution in [1.82, 2.24) is 4.98 Å². The minimum absolute atomic E-state index is 0.201. The fourth-order valence-electron chi connectivity index (χ4n) is 4.34. The number of carboxylic acids is 1. The topological polar surface area (TPSA) is 85.7 Å². The van der Waals surface area contributed by atoms with Crippen molar-refractivity contribution in [3.63, 3.8) is 0 Å². The molecule has 0 aliphatic heterocycles. The van der Waals surface area contributed by atoms with Crippen LogP contribution in [0, 0.1) is 12.7 Å². The molecule has 0 aliphatic rings. The smallest absolute Gasteiger partial charge is 0.331 e. The van der Waals surface area contributed by atoms with Gasteiger partial charge in [-0.3, -0.25) is 9.78 Å². The number of fused-ring (bicyclic) bond motifs is 1. The maximum atomic E-state index is 13.8. The minimum atomic E-state index is -1.00. The van der Waals surface area contributed by atoms with Gasteiger partial charge in [-0.2, -0.15) is 0 Å². The number of ketones is 1. The van der Waals surface area contributed by atoms with E-state index in [0.717, 1.165) is 5.56 Å². The van der Waals surface area contributed by atoms with Gasteiger partial charge in [-0.05, 0) is 79.1 Å². The van der Waals surface area contributed by atoms with E-state index in [1.54, 1.807) is 55.5 Å². The van der Waals surface area contributed by atoms with E-state index in [9.17, 15) is 14.0 Å². The van der Waals surface area contributed by atoms with Crippen LogP contribution in [0.25, 0.3) is 17.0 Å². The summed E-state index contributed by atoms with van der Waals surface area (Å²) in [5.74, 6) is -0.436. The highest BCUT2D eigenvalue weighted by Crippen LogP contribution is 2.36. The Morgan fingerprint density at radius 2 is 1.63 bits per heavy atom. The number of carbonyl (C=O) groups is 2. The van der Waals surface area contributed by atoms with E-state index in [1.165, 1.54) is 31.3 Å². The van der Waals surface area contributed by atoms with E-state index < -0.39 is 11.8 Å². The van der Waals surface area contributed by atoms with E-state index in [0.29, 0.717) is 51.4 Å². The van der Waals surface area contributed by atoms with Gasteiger partial charge in [-0.25, -0.2) is 9.18 Å². The molecule has 41 heavy (non-hydrogen) atoms. The third kappa shape index (κ3) is 6.31. The summed E-state index contributed by atoms with van der Waals surface area (Å²) >= 11 is 0. The largest absolute Gasteiger partial charge is 0.489 e. The number of aromatic nitrogens is 1. The van der Waals surface area contributed by atoms with Crippen molar-refractivity contribution in [2.24, 2.45) is 0 Å². The second kappa shape index (κ2) is 11.8. The number of pyridine rings is 1. The van der Waals surface area contributed by atoms with Crippen LogP contribution in [0.3, 0.4) is 0 Å². The van der Waals surface area contributed by atoms with Crippen LogP contribution in [0.5, 0.6) is 17.2 Å². The number of carboxylic acid groups (broad SMARTS) is 1. The summed E-state index contributed by atoms with van der Waals surface area (Å²) in [6.45, 7) is 3.58. The molecule has 5 aromatic rings. The molecule has 0 fully saturated rings. The highest BCUT2D eigenvalue weighted by atomic mass is 19.1. The third-order valence-corrected chi connectivity index (χ3v) is 6.54. The summed E-state index contributed by atoms with van der Waals surface area (Å²) in [6.07, 6.45) is 3.01. The maximum absolute atomic E-state index is 13.8. The Morgan fingerprint density at radius 1 is 0.902 bits per heavy atom. The first-order valence-electron chi connectivity index (χ1n) is 12.9. The number of aliphatic carboxylic acids is 1. The molecule has 204 valence electrons. The number of benzene rings is 4. The minimum Gasteiger partial charge on any atom is -0.489 e. The second-order valence-corrected chi connectivity index (χ2v) is 9.55. The van der Waals surface area contributed by atoms with Gasteiger partial charge in [0, 0.05) is 28.8 Å². The molecule has 0 atom stereocenters. The summed E-state index contributed by atoms with van der Waals surface area (Å²) in [4.78, 5) is 29.4. The monoisotopic (exact) mass is 547 g/mol. The molecule has 0 saturated heterocycles. The van der Waals surface area contributed by atoms with Gasteiger partial charge in [-0.1, -0.05) is 42.5 Å². The molecule has 1 heterocycles. The molecule has 0 saturated carbocycles. The molecule has 0 unspecified atom stereocenters. The van der Waals surface area contributed by atoms with Crippen LogP contribution in [0.2, 0.25) is 0 Å². The lowest BCUT2D eigenvalue weighted by Gasteiger charge is -2.15. The molecule has 0 spiro atoms. The number of rotatable bonds is 9. The molecule has 4 aromatic carbocycles. The number of aryl methyl sites for hydroxylation is 1. The van der Waals surface area contributed by atoms with Gasteiger partial charge in [0.2, 0.25) is 0 Å². The molecule has 0 bridgehead atoms. The number of hydrogen-bond acceptors (Lipinski definition) is 5. The van der Waals surface area contributed by atoms with E-state index >= 15 is 0 Å². The van der Waals surface area contributed by atoms with Crippen LogP contribution in [0.4, 0.5) is 4.39 Å². The van der Waals surface area contributed by atoms with Gasteiger partial charge in [0.1, 0.15) is 29.7 Å². The van der Waals surface area contributed by atoms with Crippen molar-refractivity contribution in [1.29, 1.82) is 0 Å². The zero-order valence-corrected chi connectivity index (χ0v) is 22.4. The molecule has 5 rings (SSSR count). The fourth-order valence-corrected chi connectivity index (χ4v) is 4.34. The average molecular weight is 548 g/mol. The van der Waals surface area contributed by atoms with Crippen LogP contribution < -0.4 is 9.47 Å². The van der Waals surface area contributed by atoms with Crippen molar-refractivity contribution in [3.05, 3.63) is 136 Å². The van der Waals surface area contributed by atoms with Gasteiger partial charge in [-0.15, -0.1) is 0 Å². The van der Waals surface area contributed by atoms with Crippen LogP contribution in [0.1, 0.15) is 39.5 Å². The lowest BCUT2D eigenvalue weighted by molar-refractivity contribution is -0.132. The number of ether oxygens (including phenoxy) is 2. The SMILES string of the molecule is C/C(=C\c1ccc(Oc2c(C(=O)c3ccc(F)cc3C)cnc3cc(OCc4ccccc4)ccc23)cc1)C(=O)O. The summed E-state index contributed by atoms with van der Waals surface area (Å²) in [5.41, 5.74) is 3.53. The Hall–Kier alpha value is -5.30. The van der Waals surface area contributed by atoms with Crippen LogP contribution >= 0.6 is 0 Å². The Morgan fingerprint density at radius 3 is 2.34 bits per heavy atom. The Balaban J connectivity index is 1.53. The van der Waals surface area contributed by atoms with Crippen molar-refractivity contribution in [2.45, 2.75) is 20.5 Å². The fraction of sp³-hybridized carbons (Fsp3) is 0.0882. The first-order valence-corrected chi connectivity index (χ1v) is 12.9.